The highest BCUT2D eigenvalue weighted by Crippen LogP contribution is 2.24. The first-order valence-corrected chi connectivity index (χ1v) is 8.95. The number of nitrogens with one attached hydrogen (secondary N) is 1. The number of nitrogens with zero attached hydrogens (tertiary/aromatic N) is 2. The van der Waals surface area contributed by atoms with Crippen LogP contribution < -0.4 is 4.90 Å². The molecule has 1 heterocycles. The lowest BCUT2D eigenvalue weighted by atomic mass is 10.0. The summed E-state index contributed by atoms with van der Waals surface area (Å²) in [6, 6.07) is 23.6. The molecule has 4 rings (SSSR count). The van der Waals surface area contributed by atoms with Gasteiger partial charge in [-0.15, -0.1) is 0 Å². The Balaban J connectivity index is 1.59. The summed E-state index contributed by atoms with van der Waals surface area (Å²) >= 11 is 0. The Morgan fingerprint density at radius 3 is 2.41 bits per heavy atom. The van der Waals surface area contributed by atoms with Crippen molar-refractivity contribution in [1.29, 1.82) is 0 Å². The summed E-state index contributed by atoms with van der Waals surface area (Å²) < 4.78 is 0. The summed E-state index contributed by atoms with van der Waals surface area (Å²) in [5.74, 6) is 0.954. The van der Waals surface area contributed by atoms with Crippen molar-refractivity contribution in [1.82, 2.24) is 9.97 Å². The van der Waals surface area contributed by atoms with E-state index < -0.39 is 0 Å². The molecule has 4 aromatic rings. The maximum absolute atomic E-state index is 12.4. The van der Waals surface area contributed by atoms with Gasteiger partial charge in [0, 0.05) is 37.3 Å². The normalized spacial score (nSPS) is 10.9. The molecule has 0 saturated heterocycles. The van der Waals surface area contributed by atoms with E-state index in [4.69, 9.17) is 0 Å². The second-order valence-corrected chi connectivity index (χ2v) is 6.84. The summed E-state index contributed by atoms with van der Waals surface area (Å²) in [6.07, 6.45) is 0.381. The molecule has 1 N–H and O–H groups in total. The summed E-state index contributed by atoms with van der Waals surface area (Å²) in [7, 11) is 4.04. The van der Waals surface area contributed by atoms with E-state index in [0.29, 0.717) is 6.42 Å². The van der Waals surface area contributed by atoms with Gasteiger partial charge in [0.05, 0.1) is 11.0 Å². The number of imidazole rings is 1. The molecule has 0 radical (unpaired) electrons. The van der Waals surface area contributed by atoms with Gasteiger partial charge in [0.15, 0.2) is 5.78 Å². The number of H-pyrrole nitrogens is 1. The van der Waals surface area contributed by atoms with Crippen LogP contribution >= 0.6 is 0 Å². The molecule has 0 aliphatic rings. The molecule has 0 aliphatic carbocycles. The highest BCUT2D eigenvalue weighted by molar-refractivity contribution is 5.97. The van der Waals surface area contributed by atoms with E-state index in [2.05, 4.69) is 39.1 Å². The van der Waals surface area contributed by atoms with E-state index in [9.17, 15) is 4.79 Å². The van der Waals surface area contributed by atoms with Crippen LogP contribution in [0, 0.1) is 0 Å². The molecule has 0 saturated carbocycles. The lowest BCUT2D eigenvalue weighted by Crippen LogP contribution is -2.07. The van der Waals surface area contributed by atoms with Crippen LogP contribution in [-0.4, -0.2) is 29.8 Å². The largest absolute Gasteiger partial charge is 0.378 e. The summed E-state index contributed by atoms with van der Waals surface area (Å²) in [5, 5.41) is 0. The predicted octanol–water partition coefficient (Wildman–Crippen LogP) is 4.72. The molecule has 0 atom stereocenters. The number of aromatic nitrogens is 2. The number of aromatic amines is 1. The third-order valence-electron chi connectivity index (χ3n) is 4.66. The van der Waals surface area contributed by atoms with Gasteiger partial charge in [0.25, 0.3) is 0 Å². The lowest BCUT2D eigenvalue weighted by Gasteiger charge is -2.11. The van der Waals surface area contributed by atoms with Crippen LogP contribution in [0.2, 0.25) is 0 Å². The first kappa shape index (κ1) is 17.0. The smallest absolute Gasteiger partial charge is 0.167 e. The Bertz CT molecular complexity index is 1080. The minimum Gasteiger partial charge on any atom is -0.378 e. The third kappa shape index (κ3) is 3.60. The average Bonchev–Trinajstić information content (AvgIpc) is 3.12. The van der Waals surface area contributed by atoms with Gasteiger partial charge in [-0.1, -0.05) is 36.4 Å². The number of benzene rings is 3. The molecule has 0 fully saturated rings. The van der Waals surface area contributed by atoms with E-state index in [1.165, 1.54) is 0 Å². The first-order valence-electron chi connectivity index (χ1n) is 8.95. The molecule has 4 heteroatoms. The van der Waals surface area contributed by atoms with Crippen LogP contribution in [-0.2, 0) is 6.42 Å². The summed E-state index contributed by atoms with van der Waals surface area (Å²) in [4.78, 5) is 22.6. The number of carbonyl (C=O) groups is 1. The molecule has 0 amide bonds. The Kier molecular flexibility index (Phi) is 4.47. The van der Waals surface area contributed by atoms with E-state index in [0.717, 1.165) is 39.2 Å². The van der Waals surface area contributed by atoms with Crippen LogP contribution in [0.1, 0.15) is 15.9 Å². The molecule has 134 valence electrons. The van der Waals surface area contributed by atoms with Gasteiger partial charge >= 0.3 is 0 Å². The minimum atomic E-state index is 0.119. The zero-order valence-electron chi connectivity index (χ0n) is 15.4. The molecule has 0 bridgehead atoms. The van der Waals surface area contributed by atoms with Crippen molar-refractivity contribution in [3.8, 4) is 11.4 Å². The Labute approximate surface area is 158 Å². The molecule has 3 aromatic carbocycles. The molecule has 0 spiro atoms. The van der Waals surface area contributed by atoms with Crippen molar-refractivity contribution in [2.75, 3.05) is 19.0 Å². The van der Waals surface area contributed by atoms with Gasteiger partial charge in [-0.25, -0.2) is 4.98 Å². The zero-order valence-corrected chi connectivity index (χ0v) is 15.4. The monoisotopic (exact) mass is 355 g/mol. The molecule has 27 heavy (non-hydrogen) atoms. The highest BCUT2D eigenvalue weighted by Gasteiger charge is 2.10. The Hall–Kier alpha value is -3.40. The lowest BCUT2D eigenvalue weighted by molar-refractivity contribution is 0.0993. The van der Waals surface area contributed by atoms with Gasteiger partial charge in [-0.2, -0.15) is 0 Å². The van der Waals surface area contributed by atoms with Gasteiger partial charge in [0.2, 0.25) is 0 Å². The van der Waals surface area contributed by atoms with Gasteiger partial charge in [0.1, 0.15) is 5.82 Å². The molecule has 1 aromatic heterocycles. The summed E-state index contributed by atoms with van der Waals surface area (Å²) in [6.45, 7) is 0. The van der Waals surface area contributed by atoms with Crippen molar-refractivity contribution in [3.63, 3.8) is 0 Å². The third-order valence-corrected chi connectivity index (χ3v) is 4.66. The van der Waals surface area contributed by atoms with Crippen LogP contribution in [0.25, 0.3) is 22.4 Å². The van der Waals surface area contributed by atoms with Crippen molar-refractivity contribution in [2.24, 2.45) is 0 Å². The van der Waals surface area contributed by atoms with Gasteiger partial charge < -0.3 is 9.88 Å². The van der Waals surface area contributed by atoms with Crippen molar-refractivity contribution >= 4 is 22.5 Å². The Morgan fingerprint density at radius 2 is 1.70 bits per heavy atom. The summed E-state index contributed by atoms with van der Waals surface area (Å²) in [5.41, 5.74) is 5.76. The zero-order chi connectivity index (χ0) is 18.8. The average molecular weight is 355 g/mol. The number of rotatable bonds is 5. The number of carbonyl (C=O) groups excluding carboxylic acids is 1. The SMILES string of the molecule is CN(C)c1ccc(-c2nc3ccc(CC(=O)c4ccccc4)cc3[nH]2)cc1. The number of hydrogen-bond donors (Lipinski definition) is 1. The van der Waals surface area contributed by atoms with Crippen molar-refractivity contribution in [3.05, 3.63) is 83.9 Å². The predicted molar refractivity (Wildman–Crippen MR) is 110 cm³/mol. The molecular weight excluding hydrogens is 334 g/mol. The van der Waals surface area contributed by atoms with Crippen molar-refractivity contribution < 1.29 is 4.79 Å². The highest BCUT2D eigenvalue weighted by atomic mass is 16.1. The fourth-order valence-electron chi connectivity index (χ4n) is 3.13. The first-order chi connectivity index (χ1) is 13.1. The van der Waals surface area contributed by atoms with Crippen LogP contribution in [0.5, 0.6) is 0 Å². The molecular formula is C23H21N3O. The van der Waals surface area contributed by atoms with Crippen molar-refractivity contribution in [2.45, 2.75) is 6.42 Å². The van der Waals surface area contributed by atoms with E-state index >= 15 is 0 Å². The Morgan fingerprint density at radius 1 is 0.963 bits per heavy atom. The number of fused-ring (bicyclic) bond motifs is 1. The number of hydrogen-bond acceptors (Lipinski definition) is 3. The minimum absolute atomic E-state index is 0.119. The van der Waals surface area contributed by atoms with Crippen LogP contribution in [0.15, 0.2) is 72.8 Å². The maximum Gasteiger partial charge on any atom is 0.167 e. The fourth-order valence-corrected chi connectivity index (χ4v) is 3.13. The van der Waals surface area contributed by atoms with Crippen LogP contribution in [0.4, 0.5) is 5.69 Å². The topological polar surface area (TPSA) is 49.0 Å². The van der Waals surface area contributed by atoms with E-state index in [-0.39, 0.29) is 5.78 Å². The number of ketones is 1. The van der Waals surface area contributed by atoms with Crippen LogP contribution in [0.3, 0.4) is 0 Å². The maximum atomic E-state index is 12.4. The van der Waals surface area contributed by atoms with E-state index in [1.54, 1.807) is 0 Å². The second kappa shape index (κ2) is 7.08. The second-order valence-electron chi connectivity index (χ2n) is 6.84. The fraction of sp³-hybridized carbons (Fsp3) is 0.130. The molecule has 0 unspecified atom stereocenters. The standard InChI is InChI=1S/C23H21N3O/c1-26(2)19-11-9-18(10-12-19)23-24-20-13-8-16(14-21(20)25-23)15-22(27)17-6-4-3-5-7-17/h3-14H,15H2,1-2H3,(H,24,25). The van der Waals surface area contributed by atoms with Gasteiger partial charge in [-0.3, -0.25) is 4.79 Å². The number of anilines is 1. The van der Waals surface area contributed by atoms with E-state index in [1.807, 2.05) is 62.6 Å². The quantitative estimate of drug-likeness (QED) is 0.527. The van der Waals surface area contributed by atoms with Gasteiger partial charge in [-0.05, 0) is 42.0 Å². The molecule has 4 nitrogen and oxygen atoms in total. The molecule has 0 aliphatic heterocycles. The number of Topliss-reactive ketones (excluding diaryl/α,β-unsaturated/α-hetero) is 1.